The van der Waals surface area contributed by atoms with Crippen LogP contribution >= 0.6 is 80.0 Å². The number of aryl methyl sites for hydroxylation is 3. The minimum absolute atomic E-state index is 0. The van der Waals surface area contributed by atoms with Gasteiger partial charge in [0.25, 0.3) is 0 Å². The van der Waals surface area contributed by atoms with E-state index < -0.39 is 0 Å². The SMILES string of the molecule is C.Cc1c[nH]c(=S)cc1N.Cc1cc(N)c(C)cn1.IC(I)I. The first-order chi connectivity index (χ1) is 10.1. The van der Waals surface area contributed by atoms with Crippen molar-refractivity contribution >= 4 is 91.4 Å². The summed E-state index contributed by atoms with van der Waals surface area (Å²) in [6.07, 6.45) is 3.59. The number of H-pyrrole nitrogens is 1. The predicted molar refractivity (Wildman–Crippen MR) is 131 cm³/mol. The van der Waals surface area contributed by atoms with Crippen LogP contribution in [0.2, 0.25) is 0 Å². The molecule has 0 fully saturated rings. The van der Waals surface area contributed by atoms with Gasteiger partial charge in [-0.25, -0.2) is 0 Å². The maximum atomic E-state index is 5.58. The number of hydrogen-bond acceptors (Lipinski definition) is 4. The minimum Gasteiger partial charge on any atom is -0.398 e. The number of aromatic nitrogens is 2. The van der Waals surface area contributed by atoms with Crippen LogP contribution in [0.3, 0.4) is 0 Å². The van der Waals surface area contributed by atoms with Gasteiger partial charge in [0.05, 0.1) is 0 Å². The molecule has 0 unspecified atom stereocenters. The Morgan fingerprint density at radius 1 is 1.04 bits per heavy atom. The summed E-state index contributed by atoms with van der Waals surface area (Å²) in [6.45, 7) is 5.80. The molecule has 2 heterocycles. The van der Waals surface area contributed by atoms with Crippen molar-refractivity contribution in [3.8, 4) is 0 Å². The second kappa shape index (κ2) is 13.6. The second-order valence-electron chi connectivity index (χ2n) is 4.37. The molecule has 0 bridgehead atoms. The zero-order chi connectivity index (χ0) is 17.3. The first kappa shape index (κ1) is 25.5. The molecular formula is C15H23I3N4S. The Morgan fingerprint density at radius 2 is 1.52 bits per heavy atom. The number of aromatic amines is 1. The molecule has 0 aliphatic rings. The molecule has 0 radical (unpaired) electrons. The van der Waals surface area contributed by atoms with E-state index in [1.54, 1.807) is 18.5 Å². The molecule has 0 saturated carbocycles. The van der Waals surface area contributed by atoms with Gasteiger partial charge in [-0.2, -0.15) is 0 Å². The summed E-state index contributed by atoms with van der Waals surface area (Å²) >= 11 is 11.8. The molecule has 2 aromatic heterocycles. The van der Waals surface area contributed by atoms with Gasteiger partial charge in [-0.05, 0) is 44.0 Å². The van der Waals surface area contributed by atoms with E-state index in [9.17, 15) is 0 Å². The van der Waals surface area contributed by atoms with Gasteiger partial charge in [0.2, 0.25) is 0 Å². The Bertz CT molecular complexity index is 642. The first-order valence-corrected chi connectivity index (χ1v) is 10.3. The fraction of sp³-hybridized carbons (Fsp3) is 0.333. The van der Waals surface area contributed by atoms with Gasteiger partial charge in [-0.15, -0.1) is 0 Å². The summed E-state index contributed by atoms with van der Waals surface area (Å²) in [4.78, 5) is 6.93. The standard InChI is InChI=1S/C7H10N2.C6H8N2S.CHI3.CH4/c1-5-4-9-6(2)3-7(5)8;1-4-3-8-6(9)2-5(4)7;2-1(3)4;/h3-4H,1-2H3,(H2,8,9);2-3H,1H3,(H3,7,8,9);1H;1H4. The number of nitrogens with zero attached hydrogens (tertiary/aromatic N) is 1. The monoisotopic (exact) mass is 672 g/mol. The van der Waals surface area contributed by atoms with Gasteiger partial charge in [0, 0.05) is 29.5 Å². The van der Waals surface area contributed by atoms with E-state index in [2.05, 4.69) is 77.7 Å². The number of nitrogen functional groups attached to an aromatic ring is 2. The highest BCUT2D eigenvalue weighted by Gasteiger charge is 1.91. The molecule has 0 atom stereocenters. The number of nitrogens with one attached hydrogen (secondary N) is 1. The van der Waals surface area contributed by atoms with E-state index in [1.165, 1.54) is 0 Å². The van der Waals surface area contributed by atoms with Crippen molar-refractivity contribution in [2.45, 2.75) is 28.1 Å². The van der Waals surface area contributed by atoms with Crippen molar-refractivity contribution in [2.24, 2.45) is 0 Å². The molecule has 0 amide bonds. The molecule has 0 spiro atoms. The van der Waals surface area contributed by atoms with Crippen molar-refractivity contribution in [3.63, 3.8) is 0 Å². The molecule has 4 nitrogen and oxygen atoms in total. The molecule has 0 aliphatic carbocycles. The fourth-order valence-corrected chi connectivity index (χ4v) is 1.39. The molecule has 8 heteroatoms. The highest BCUT2D eigenvalue weighted by Crippen LogP contribution is 2.16. The molecular weight excluding hydrogens is 649 g/mol. The Labute approximate surface area is 185 Å². The van der Waals surface area contributed by atoms with E-state index in [1.807, 2.05) is 26.8 Å². The van der Waals surface area contributed by atoms with Crippen LogP contribution in [0.25, 0.3) is 0 Å². The van der Waals surface area contributed by atoms with Crippen molar-refractivity contribution in [3.05, 3.63) is 46.0 Å². The summed E-state index contributed by atoms with van der Waals surface area (Å²) in [7, 11) is 0. The maximum absolute atomic E-state index is 5.58. The van der Waals surface area contributed by atoms with Crippen LogP contribution in [0.15, 0.2) is 24.5 Å². The molecule has 0 aromatic carbocycles. The van der Waals surface area contributed by atoms with Crippen LogP contribution in [0.5, 0.6) is 0 Å². The molecule has 0 aliphatic heterocycles. The van der Waals surface area contributed by atoms with Gasteiger partial charge < -0.3 is 16.5 Å². The number of rotatable bonds is 0. The quantitative estimate of drug-likeness (QED) is 0.179. The average Bonchev–Trinajstić information content (AvgIpc) is 2.39. The van der Waals surface area contributed by atoms with Crippen molar-refractivity contribution < 1.29 is 0 Å². The third kappa shape index (κ3) is 13.3. The molecule has 23 heavy (non-hydrogen) atoms. The largest absolute Gasteiger partial charge is 0.398 e. The lowest BCUT2D eigenvalue weighted by atomic mass is 10.2. The predicted octanol–water partition coefficient (Wildman–Crippen LogP) is 6.13. The summed E-state index contributed by atoms with van der Waals surface area (Å²) in [5.74, 6) is 0. The van der Waals surface area contributed by atoms with E-state index in [4.69, 9.17) is 23.7 Å². The molecule has 2 rings (SSSR count). The Hall–Kier alpha value is 0.310. The highest BCUT2D eigenvalue weighted by atomic mass is 127. The van der Waals surface area contributed by atoms with Crippen molar-refractivity contribution in [1.29, 1.82) is 0 Å². The average molecular weight is 672 g/mol. The van der Waals surface area contributed by atoms with Gasteiger partial charge in [0.15, 0.2) is 0 Å². The van der Waals surface area contributed by atoms with Crippen molar-refractivity contribution in [1.82, 2.24) is 9.97 Å². The lowest BCUT2D eigenvalue weighted by Gasteiger charge is -1.97. The zero-order valence-corrected chi connectivity index (χ0v) is 19.8. The summed E-state index contributed by atoms with van der Waals surface area (Å²) in [6, 6.07) is 3.61. The van der Waals surface area contributed by atoms with Crippen LogP contribution in [-0.2, 0) is 0 Å². The van der Waals surface area contributed by atoms with Gasteiger partial charge in [0.1, 0.15) is 4.58 Å². The second-order valence-corrected chi connectivity index (χ2v) is 15.7. The van der Waals surface area contributed by atoms with Gasteiger partial charge in [-0.3, -0.25) is 4.98 Å². The minimum atomic E-state index is 0. The molecule has 130 valence electrons. The number of hydrogen-bond donors (Lipinski definition) is 3. The van der Waals surface area contributed by atoms with E-state index in [0.29, 0.717) is 4.64 Å². The van der Waals surface area contributed by atoms with Crippen LogP contribution in [0.4, 0.5) is 11.4 Å². The lowest BCUT2D eigenvalue weighted by Crippen LogP contribution is -1.91. The molecule has 2 aromatic rings. The first-order valence-electron chi connectivity index (χ1n) is 6.19. The van der Waals surface area contributed by atoms with Crippen LogP contribution in [0.1, 0.15) is 24.2 Å². The fourth-order valence-electron chi connectivity index (χ4n) is 1.21. The summed E-state index contributed by atoms with van der Waals surface area (Å²) in [5, 5.41) is 0. The third-order valence-electron chi connectivity index (χ3n) is 2.45. The number of halogens is 3. The Morgan fingerprint density at radius 3 is 1.87 bits per heavy atom. The lowest BCUT2D eigenvalue weighted by molar-refractivity contribution is 1.17. The third-order valence-corrected chi connectivity index (χ3v) is 2.69. The summed E-state index contributed by atoms with van der Waals surface area (Å²) in [5.41, 5.74) is 15.7. The number of nitrogens with two attached hydrogens (primary N) is 2. The van der Waals surface area contributed by atoms with E-state index >= 15 is 0 Å². The number of pyridine rings is 2. The van der Waals surface area contributed by atoms with Crippen LogP contribution in [0, 0.1) is 25.4 Å². The number of anilines is 2. The van der Waals surface area contributed by atoms with Crippen LogP contribution in [-0.4, -0.2) is 9.91 Å². The normalized spacial score (nSPS) is 9.00. The topological polar surface area (TPSA) is 80.7 Å². The van der Waals surface area contributed by atoms with Gasteiger partial charge in [-0.1, -0.05) is 87.4 Å². The number of alkyl halides is 3. The smallest absolute Gasteiger partial charge is 0.114 e. The highest BCUT2D eigenvalue weighted by molar-refractivity contribution is 14.3. The van der Waals surface area contributed by atoms with E-state index in [-0.39, 0.29) is 7.43 Å². The van der Waals surface area contributed by atoms with Crippen molar-refractivity contribution in [2.75, 3.05) is 11.5 Å². The molecule has 0 saturated heterocycles. The maximum Gasteiger partial charge on any atom is 0.114 e. The van der Waals surface area contributed by atoms with Gasteiger partial charge >= 0.3 is 0 Å². The molecule has 5 N–H and O–H groups in total. The Balaban J connectivity index is 0. The summed E-state index contributed by atoms with van der Waals surface area (Å²) < 4.78 is 1.42. The van der Waals surface area contributed by atoms with E-state index in [0.717, 1.165) is 28.1 Å². The zero-order valence-electron chi connectivity index (χ0n) is 12.5. The van der Waals surface area contributed by atoms with Crippen LogP contribution < -0.4 is 11.5 Å². The Kier molecular flexibility index (Phi) is 15.1.